The number of thiazole rings is 1. The van der Waals surface area contributed by atoms with Gasteiger partial charge in [0, 0.05) is 22.7 Å². The lowest BCUT2D eigenvalue weighted by Gasteiger charge is -2.48. The highest BCUT2D eigenvalue weighted by molar-refractivity contribution is 7.15. The predicted molar refractivity (Wildman–Crippen MR) is 131 cm³/mol. The molecule has 2 aromatic heterocycles. The van der Waals surface area contributed by atoms with Crippen LogP contribution in [0.3, 0.4) is 0 Å². The van der Waals surface area contributed by atoms with Gasteiger partial charge in [-0.3, -0.25) is 0 Å². The number of halogens is 1. The summed E-state index contributed by atoms with van der Waals surface area (Å²) in [6, 6.07) is 7.17. The van der Waals surface area contributed by atoms with Crippen LogP contribution in [-0.2, 0) is 0 Å². The van der Waals surface area contributed by atoms with E-state index in [1.54, 1.807) is 18.3 Å². The van der Waals surface area contributed by atoms with Crippen LogP contribution in [0, 0.1) is 11.3 Å². The molecule has 0 radical (unpaired) electrons. The molecule has 10 heteroatoms. The van der Waals surface area contributed by atoms with Crippen molar-refractivity contribution >= 4 is 17.2 Å². The fourth-order valence-corrected chi connectivity index (χ4v) is 6.45. The average Bonchev–Trinajstić information content (AvgIpc) is 3.48. The fraction of sp³-hybridized carbons (Fsp3) is 0.480. The molecule has 0 unspecified atom stereocenters. The van der Waals surface area contributed by atoms with Gasteiger partial charge < -0.3 is 15.3 Å². The fourth-order valence-electron chi connectivity index (χ4n) is 5.74. The van der Waals surface area contributed by atoms with E-state index >= 15 is 4.39 Å². The lowest BCUT2D eigenvalue weighted by atomic mass is 9.82. The Kier molecular flexibility index (Phi) is 5.06. The summed E-state index contributed by atoms with van der Waals surface area (Å²) in [6.07, 6.45) is 6.70. The molecular weight excluding hydrogens is 465 g/mol. The average molecular weight is 492 g/mol. The van der Waals surface area contributed by atoms with Crippen molar-refractivity contribution in [2.45, 2.75) is 75.3 Å². The van der Waals surface area contributed by atoms with Crippen molar-refractivity contribution in [3.63, 3.8) is 0 Å². The Morgan fingerprint density at radius 3 is 2.69 bits per heavy atom. The Morgan fingerprint density at radius 2 is 2.03 bits per heavy atom. The van der Waals surface area contributed by atoms with E-state index in [0.29, 0.717) is 32.7 Å². The molecule has 3 aromatic rings. The Morgan fingerprint density at radius 1 is 1.20 bits per heavy atom. The van der Waals surface area contributed by atoms with Gasteiger partial charge in [-0.1, -0.05) is 6.07 Å². The van der Waals surface area contributed by atoms with E-state index in [2.05, 4.69) is 43.4 Å². The van der Waals surface area contributed by atoms with Gasteiger partial charge in [0.1, 0.15) is 27.9 Å². The molecule has 2 saturated heterocycles. The number of phenolic OH excluding ortho intramolecular Hbond substituents is 1. The standard InChI is InChI=1S/C25H26FN7OS/c1-24-7-8-25(2,32-24)21(26)18(10-24)33(15-4-5-15)20-13-28-22(31-30-20)17-6-3-14(9-19(17)34)23-29-12-16(11-27)35-23/h3,6,9,12-13,15,18,21,32,34H,4-5,7-8,10H2,1-2H3/t18-,21-,24-,25+/m1/s1. The number of alkyl halides is 1. The van der Waals surface area contributed by atoms with Crippen LogP contribution in [-0.4, -0.2) is 54.6 Å². The zero-order valence-electron chi connectivity index (χ0n) is 19.6. The summed E-state index contributed by atoms with van der Waals surface area (Å²) in [5.41, 5.74) is 0.560. The maximum Gasteiger partial charge on any atom is 0.185 e. The van der Waals surface area contributed by atoms with E-state index in [-0.39, 0.29) is 23.4 Å². The third-order valence-corrected chi connectivity index (χ3v) is 8.55. The van der Waals surface area contributed by atoms with Gasteiger partial charge in [0.05, 0.1) is 24.0 Å². The number of nitrogens with zero attached hydrogens (tertiary/aromatic N) is 6. The first kappa shape index (κ1) is 22.3. The molecule has 2 N–H and O–H groups in total. The number of aromatic nitrogens is 4. The number of fused-ring (bicyclic) bond motifs is 2. The molecule has 4 heterocycles. The first-order valence-electron chi connectivity index (χ1n) is 11.9. The van der Waals surface area contributed by atoms with Gasteiger partial charge in [-0.2, -0.15) is 5.26 Å². The van der Waals surface area contributed by atoms with Crippen LogP contribution in [0.2, 0.25) is 0 Å². The maximum atomic E-state index is 15.8. The SMILES string of the molecule is C[C@]12CC[C@](C)(N1)[C@H](F)[C@H](N(c1cnc(-c3ccc(-c4ncc(C#N)s4)cc3O)nn1)C1CC1)C2. The number of benzene rings is 1. The van der Waals surface area contributed by atoms with Crippen LogP contribution < -0.4 is 10.2 Å². The van der Waals surface area contributed by atoms with E-state index in [1.807, 2.05) is 13.0 Å². The lowest BCUT2D eigenvalue weighted by molar-refractivity contribution is 0.0831. The van der Waals surface area contributed by atoms with E-state index in [9.17, 15) is 5.11 Å². The molecule has 2 aliphatic heterocycles. The molecule has 1 aliphatic carbocycles. The highest BCUT2D eigenvalue weighted by Gasteiger charge is 2.58. The number of rotatable bonds is 5. The lowest BCUT2D eigenvalue weighted by Crippen LogP contribution is -2.66. The van der Waals surface area contributed by atoms with Crippen molar-refractivity contribution in [1.82, 2.24) is 25.5 Å². The molecule has 35 heavy (non-hydrogen) atoms. The van der Waals surface area contributed by atoms with E-state index in [1.165, 1.54) is 17.5 Å². The maximum absolute atomic E-state index is 15.8. The highest BCUT2D eigenvalue weighted by atomic mass is 32.1. The summed E-state index contributed by atoms with van der Waals surface area (Å²) in [5, 5.41) is 32.6. The summed E-state index contributed by atoms with van der Waals surface area (Å²) in [5.74, 6) is 0.885. The molecule has 6 rings (SSSR count). The highest BCUT2D eigenvalue weighted by Crippen LogP contribution is 2.47. The van der Waals surface area contributed by atoms with Gasteiger partial charge in [-0.05, 0) is 58.1 Å². The van der Waals surface area contributed by atoms with Crippen LogP contribution in [0.15, 0.2) is 30.6 Å². The summed E-state index contributed by atoms with van der Waals surface area (Å²) in [6.45, 7) is 4.18. The second-order valence-electron chi connectivity index (χ2n) is 10.4. The van der Waals surface area contributed by atoms with E-state index in [0.717, 1.165) is 32.1 Å². The third-order valence-electron chi connectivity index (χ3n) is 7.60. The molecule has 4 atom stereocenters. The zero-order chi connectivity index (χ0) is 24.4. The monoisotopic (exact) mass is 491 g/mol. The van der Waals surface area contributed by atoms with E-state index < -0.39 is 11.7 Å². The molecule has 3 fully saturated rings. The Labute approximate surface area is 206 Å². The number of nitrogens with one attached hydrogen (secondary N) is 1. The van der Waals surface area contributed by atoms with Crippen molar-refractivity contribution in [2.75, 3.05) is 4.90 Å². The normalized spacial score (nSPS) is 29.7. The van der Waals surface area contributed by atoms with Crippen LogP contribution >= 0.6 is 11.3 Å². The zero-order valence-corrected chi connectivity index (χ0v) is 20.4. The molecule has 180 valence electrons. The van der Waals surface area contributed by atoms with Crippen molar-refractivity contribution < 1.29 is 9.50 Å². The number of nitriles is 1. The van der Waals surface area contributed by atoms with Crippen molar-refractivity contribution in [3.8, 4) is 33.8 Å². The van der Waals surface area contributed by atoms with Gasteiger partial charge in [-0.15, -0.1) is 21.5 Å². The van der Waals surface area contributed by atoms with Gasteiger partial charge in [0.2, 0.25) is 0 Å². The molecular formula is C25H26FN7OS. The first-order valence-corrected chi connectivity index (χ1v) is 12.7. The largest absolute Gasteiger partial charge is 0.507 e. The second-order valence-corrected chi connectivity index (χ2v) is 11.5. The molecule has 8 nitrogen and oxygen atoms in total. The smallest absolute Gasteiger partial charge is 0.185 e. The molecule has 3 aliphatic rings. The molecule has 1 saturated carbocycles. The van der Waals surface area contributed by atoms with Crippen molar-refractivity contribution in [3.05, 3.63) is 35.5 Å². The summed E-state index contributed by atoms with van der Waals surface area (Å²) < 4.78 is 15.8. The van der Waals surface area contributed by atoms with Gasteiger partial charge in [-0.25, -0.2) is 14.4 Å². The van der Waals surface area contributed by atoms with Gasteiger partial charge in [0.25, 0.3) is 0 Å². The summed E-state index contributed by atoms with van der Waals surface area (Å²) >= 11 is 1.26. The molecule has 2 bridgehead atoms. The van der Waals surface area contributed by atoms with Gasteiger partial charge >= 0.3 is 0 Å². The first-order chi connectivity index (χ1) is 16.8. The quantitative estimate of drug-likeness (QED) is 0.546. The minimum Gasteiger partial charge on any atom is -0.507 e. The topological polar surface area (TPSA) is 111 Å². The Hall–Kier alpha value is -3.16. The number of anilines is 1. The number of aromatic hydroxyl groups is 1. The summed E-state index contributed by atoms with van der Waals surface area (Å²) in [4.78, 5) is 11.3. The second kappa shape index (κ2) is 7.93. The van der Waals surface area contributed by atoms with Crippen LogP contribution in [0.25, 0.3) is 22.0 Å². The minimum atomic E-state index is -1.01. The number of hydrogen-bond donors (Lipinski definition) is 2. The van der Waals surface area contributed by atoms with E-state index in [4.69, 9.17) is 5.26 Å². The van der Waals surface area contributed by atoms with Crippen LogP contribution in [0.4, 0.5) is 10.2 Å². The van der Waals surface area contributed by atoms with Crippen molar-refractivity contribution in [2.24, 2.45) is 0 Å². The Bertz CT molecular complexity index is 1320. The molecule has 1 aromatic carbocycles. The summed E-state index contributed by atoms with van der Waals surface area (Å²) in [7, 11) is 0. The molecule has 0 spiro atoms. The number of phenols is 1. The third kappa shape index (κ3) is 3.83. The number of piperidine rings is 1. The minimum absolute atomic E-state index is 0.00408. The predicted octanol–water partition coefficient (Wildman–Crippen LogP) is 4.22. The van der Waals surface area contributed by atoms with Crippen molar-refractivity contribution in [1.29, 1.82) is 5.26 Å². The Balaban J connectivity index is 1.28. The number of hydrogen-bond acceptors (Lipinski definition) is 9. The van der Waals surface area contributed by atoms with Crippen LogP contribution in [0.1, 0.15) is 50.8 Å². The molecule has 0 amide bonds. The van der Waals surface area contributed by atoms with Crippen LogP contribution in [0.5, 0.6) is 5.75 Å². The van der Waals surface area contributed by atoms with Gasteiger partial charge in [0.15, 0.2) is 11.6 Å².